The fraction of sp³-hybridized carbons (Fsp3) is 0.389. The van der Waals surface area contributed by atoms with Crippen molar-refractivity contribution in [1.29, 1.82) is 0 Å². The third-order valence-electron chi connectivity index (χ3n) is 4.30. The number of amides is 2. The van der Waals surface area contributed by atoms with Gasteiger partial charge in [-0.15, -0.1) is 0 Å². The third kappa shape index (κ3) is 3.04. The summed E-state index contributed by atoms with van der Waals surface area (Å²) in [5.74, 6) is 1.08. The van der Waals surface area contributed by atoms with Crippen LogP contribution in [0.25, 0.3) is 0 Å². The van der Waals surface area contributed by atoms with E-state index in [-0.39, 0.29) is 12.1 Å². The summed E-state index contributed by atoms with van der Waals surface area (Å²) in [4.78, 5) is 14.7. The van der Waals surface area contributed by atoms with Crippen LogP contribution in [0.15, 0.2) is 42.6 Å². The van der Waals surface area contributed by atoms with Gasteiger partial charge in [0.2, 0.25) is 0 Å². The number of fused-ring (bicyclic) bond motifs is 1. The molecule has 1 atom stereocenters. The van der Waals surface area contributed by atoms with E-state index in [1.54, 1.807) is 7.11 Å². The second-order valence-corrected chi connectivity index (χ2v) is 6.17. The van der Waals surface area contributed by atoms with Crippen LogP contribution >= 0.6 is 0 Å². The van der Waals surface area contributed by atoms with Gasteiger partial charge in [-0.1, -0.05) is 19.9 Å². The molecule has 1 aliphatic rings. The Morgan fingerprint density at radius 1 is 1.26 bits per heavy atom. The fourth-order valence-electron chi connectivity index (χ4n) is 3.24. The number of carbonyl (C=O) groups is 1. The quantitative estimate of drug-likeness (QED) is 0.938. The number of nitrogens with one attached hydrogen (secondary N) is 1. The number of benzene rings is 1. The van der Waals surface area contributed by atoms with Crippen LogP contribution in [0.4, 0.5) is 10.5 Å². The van der Waals surface area contributed by atoms with Crippen molar-refractivity contribution in [3.05, 3.63) is 48.3 Å². The lowest BCUT2D eigenvalue weighted by molar-refractivity contribution is 0.144. The van der Waals surface area contributed by atoms with E-state index >= 15 is 0 Å². The molecule has 2 aromatic rings. The Morgan fingerprint density at radius 3 is 2.83 bits per heavy atom. The third-order valence-corrected chi connectivity index (χ3v) is 4.30. The Bertz CT molecular complexity index is 693. The van der Waals surface area contributed by atoms with Gasteiger partial charge in [0, 0.05) is 36.7 Å². The maximum Gasteiger partial charge on any atom is 0.322 e. The fourth-order valence-corrected chi connectivity index (χ4v) is 3.24. The molecule has 3 rings (SSSR count). The van der Waals surface area contributed by atoms with Crippen LogP contribution in [0.5, 0.6) is 5.75 Å². The molecule has 0 bridgehead atoms. The molecule has 1 aromatic carbocycles. The van der Waals surface area contributed by atoms with Crippen LogP contribution in [0, 0.1) is 5.92 Å². The van der Waals surface area contributed by atoms with Crippen molar-refractivity contribution in [3.8, 4) is 5.75 Å². The van der Waals surface area contributed by atoms with Crippen LogP contribution in [0.3, 0.4) is 0 Å². The summed E-state index contributed by atoms with van der Waals surface area (Å²) in [6.07, 6.45) is 2.09. The highest BCUT2D eigenvalue weighted by Gasteiger charge is 2.32. The molecule has 0 unspecified atom stereocenters. The molecule has 122 valence electrons. The molecule has 0 aliphatic carbocycles. The van der Waals surface area contributed by atoms with E-state index in [0.29, 0.717) is 12.5 Å². The van der Waals surface area contributed by atoms with Crippen molar-refractivity contribution in [1.82, 2.24) is 9.47 Å². The van der Waals surface area contributed by atoms with Gasteiger partial charge >= 0.3 is 6.03 Å². The molecule has 1 aromatic heterocycles. The summed E-state index contributed by atoms with van der Waals surface area (Å²) < 4.78 is 7.45. The number of methoxy groups -OCH3 is 1. The number of ether oxygens (including phenoxy) is 1. The van der Waals surface area contributed by atoms with E-state index in [1.807, 2.05) is 35.2 Å². The second-order valence-electron chi connectivity index (χ2n) is 6.17. The molecule has 2 heterocycles. The van der Waals surface area contributed by atoms with Crippen molar-refractivity contribution in [2.24, 2.45) is 5.92 Å². The summed E-state index contributed by atoms with van der Waals surface area (Å²) in [5.41, 5.74) is 1.95. The standard InChI is InChI=1S/C18H23N3O2/c1-13(2)17-16-8-5-9-20(16)10-11-21(17)18(22)19-14-6-4-7-15(12-14)23-3/h4-9,12-13,17H,10-11H2,1-3H3,(H,19,22)/t17-/m1/s1. The summed E-state index contributed by atoms with van der Waals surface area (Å²) in [5, 5.41) is 2.99. The maximum absolute atomic E-state index is 12.8. The van der Waals surface area contributed by atoms with E-state index in [9.17, 15) is 4.79 Å². The molecule has 1 N–H and O–H groups in total. The van der Waals surface area contributed by atoms with Gasteiger partial charge in [-0.2, -0.15) is 0 Å². The lowest BCUT2D eigenvalue weighted by atomic mass is 9.97. The maximum atomic E-state index is 12.8. The molecule has 5 heteroatoms. The molecule has 0 radical (unpaired) electrons. The number of carbonyl (C=O) groups excluding carboxylic acids is 1. The minimum atomic E-state index is -0.0654. The zero-order valence-electron chi connectivity index (χ0n) is 13.8. The predicted octanol–water partition coefficient (Wildman–Crippen LogP) is 3.74. The summed E-state index contributed by atoms with van der Waals surface area (Å²) in [7, 11) is 1.62. The molecule has 23 heavy (non-hydrogen) atoms. The van der Waals surface area contributed by atoms with Crippen LogP contribution in [0.2, 0.25) is 0 Å². The number of aromatic nitrogens is 1. The van der Waals surface area contributed by atoms with Crippen LogP contribution < -0.4 is 10.1 Å². The van der Waals surface area contributed by atoms with Crippen molar-refractivity contribution in [2.45, 2.75) is 26.4 Å². The van der Waals surface area contributed by atoms with E-state index < -0.39 is 0 Å². The largest absolute Gasteiger partial charge is 0.497 e. The van der Waals surface area contributed by atoms with Gasteiger partial charge in [-0.3, -0.25) is 0 Å². The zero-order valence-corrected chi connectivity index (χ0v) is 13.8. The molecule has 0 fully saturated rings. The molecular weight excluding hydrogens is 290 g/mol. The van der Waals surface area contributed by atoms with Crippen molar-refractivity contribution in [2.75, 3.05) is 19.0 Å². The lowest BCUT2D eigenvalue weighted by Crippen LogP contribution is -2.45. The number of hydrogen-bond donors (Lipinski definition) is 1. The van der Waals surface area contributed by atoms with Gasteiger partial charge < -0.3 is 19.5 Å². The molecule has 0 saturated carbocycles. The molecular formula is C18H23N3O2. The summed E-state index contributed by atoms with van der Waals surface area (Å²) in [6.45, 7) is 5.84. The average Bonchev–Trinajstić information content (AvgIpc) is 3.02. The average molecular weight is 313 g/mol. The predicted molar refractivity (Wildman–Crippen MR) is 90.7 cm³/mol. The Morgan fingerprint density at radius 2 is 2.09 bits per heavy atom. The van der Waals surface area contributed by atoms with Crippen molar-refractivity contribution < 1.29 is 9.53 Å². The second kappa shape index (κ2) is 6.36. The molecule has 5 nitrogen and oxygen atoms in total. The first-order valence-corrected chi connectivity index (χ1v) is 7.97. The molecule has 1 aliphatic heterocycles. The Balaban J connectivity index is 1.81. The minimum Gasteiger partial charge on any atom is -0.497 e. The van der Waals surface area contributed by atoms with Gasteiger partial charge in [0.1, 0.15) is 5.75 Å². The Hall–Kier alpha value is -2.43. The topological polar surface area (TPSA) is 46.5 Å². The van der Waals surface area contributed by atoms with E-state index in [4.69, 9.17) is 4.74 Å². The van der Waals surface area contributed by atoms with Gasteiger partial charge in [0.25, 0.3) is 0 Å². The number of anilines is 1. The van der Waals surface area contributed by atoms with Crippen LogP contribution in [0.1, 0.15) is 25.6 Å². The smallest absolute Gasteiger partial charge is 0.322 e. The first-order chi connectivity index (χ1) is 11.1. The van der Waals surface area contributed by atoms with E-state index in [0.717, 1.165) is 18.0 Å². The number of nitrogens with zero attached hydrogens (tertiary/aromatic N) is 2. The molecule has 0 saturated heterocycles. The minimum absolute atomic E-state index is 0.0654. The zero-order chi connectivity index (χ0) is 16.4. The number of urea groups is 1. The lowest BCUT2D eigenvalue weighted by Gasteiger charge is -2.39. The monoisotopic (exact) mass is 313 g/mol. The molecule has 2 amide bonds. The first kappa shape index (κ1) is 15.5. The number of rotatable bonds is 3. The Labute approximate surface area is 136 Å². The molecule has 0 spiro atoms. The van der Waals surface area contributed by atoms with E-state index in [1.165, 1.54) is 5.69 Å². The first-order valence-electron chi connectivity index (χ1n) is 7.97. The van der Waals surface area contributed by atoms with Crippen molar-refractivity contribution >= 4 is 11.7 Å². The van der Waals surface area contributed by atoms with E-state index in [2.05, 4.69) is 36.0 Å². The van der Waals surface area contributed by atoms with Gasteiger partial charge in [0.05, 0.1) is 13.2 Å². The highest BCUT2D eigenvalue weighted by Crippen LogP contribution is 2.32. The van der Waals surface area contributed by atoms with Crippen LogP contribution in [-0.4, -0.2) is 29.2 Å². The highest BCUT2D eigenvalue weighted by atomic mass is 16.5. The van der Waals surface area contributed by atoms with Crippen molar-refractivity contribution in [3.63, 3.8) is 0 Å². The van der Waals surface area contributed by atoms with Gasteiger partial charge in [-0.05, 0) is 30.2 Å². The highest BCUT2D eigenvalue weighted by molar-refractivity contribution is 5.90. The van der Waals surface area contributed by atoms with Crippen LogP contribution in [-0.2, 0) is 6.54 Å². The normalized spacial score (nSPS) is 17.0. The SMILES string of the molecule is COc1cccc(NC(=O)N2CCn3cccc3[C@H]2C(C)C)c1. The summed E-state index contributed by atoms with van der Waals surface area (Å²) >= 11 is 0. The summed E-state index contributed by atoms with van der Waals surface area (Å²) in [6, 6.07) is 11.6. The van der Waals surface area contributed by atoms with Gasteiger partial charge in [-0.25, -0.2) is 4.79 Å². The van der Waals surface area contributed by atoms with Gasteiger partial charge in [0.15, 0.2) is 0 Å². The number of hydrogen-bond acceptors (Lipinski definition) is 2. The Kier molecular flexibility index (Phi) is 4.28.